The Bertz CT molecular complexity index is 502. The van der Waals surface area contributed by atoms with Crippen molar-refractivity contribution in [3.8, 4) is 0 Å². The van der Waals surface area contributed by atoms with Crippen LogP contribution in [-0.2, 0) is 13.0 Å². The number of rotatable bonds is 6. The minimum atomic E-state index is 0.865. The van der Waals surface area contributed by atoms with Crippen molar-refractivity contribution in [2.24, 2.45) is 0 Å². The third-order valence-corrected chi connectivity index (χ3v) is 4.63. The number of aryl methyl sites for hydroxylation is 2. The summed E-state index contributed by atoms with van der Waals surface area (Å²) in [4.78, 5) is 10.5. The van der Waals surface area contributed by atoms with Gasteiger partial charge in [0.2, 0.25) is 0 Å². The summed E-state index contributed by atoms with van der Waals surface area (Å²) in [6.45, 7) is 8.32. The maximum Gasteiger partial charge on any atom is 0.0991 e. The third-order valence-electron chi connectivity index (χ3n) is 2.65. The molecule has 0 fully saturated rings. The molecular weight excluding hydrogens is 262 g/mol. The lowest BCUT2D eigenvalue weighted by molar-refractivity contribution is 0.678. The highest BCUT2D eigenvalue weighted by Gasteiger charge is 2.09. The van der Waals surface area contributed by atoms with Gasteiger partial charge in [-0.05, 0) is 26.8 Å². The molecule has 0 aromatic carbocycles. The van der Waals surface area contributed by atoms with Crippen LogP contribution in [0.3, 0.4) is 0 Å². The summed E-state index contributed by atoms with van der Waals surface area (Å²) in [7, 11) is 0. The van der Waals surface area contributed by atoms with E-state index >= 15 is 0 Å². The molecule has 0 aliphatic carbocycles. The van der Waals surface area contributed by atoms with Gasteiger partial charge in [-0.1, -0.05) is 6.92 Å². The van der Waals surface area contributed by atoms with E-state index < -0.39 is 0 Å². The first-order valence-electron chi connectivity index (χ1n) is 6.26. The number of aromatic nitrogens is 2. The van der Waals surface area contributed by atoms with E-state index in [2.05, 4.69) is 34.5 Å². The van der Waals surface area contributed by atoms with Crippen LogP contribution in [0.2, 0.25) is 0 Å². The highest BCUT2D eigenvalue weighted by atomic mass is 32.1. The van der Waals surface area contributed by atoms with E-state index in [9.17, 15) is 0 Å². The first-order chi connectivity index (χ1) is 8.69. The molecule has 0 atom stereocenters. The van der Waals surface area contributed by atoms with Crippen molar-refractivity contribution in [3.05, 3.63) is 31.7 Å². The summed E-state index contributed by atoms with van der Waals surface area (Å²) >= 11 is 3.51. The Morgan fingerprint density at radius 1 is 1.28 bits per heavy atom. The molecule has 2 rings (SSSR count). The van der Waals surface area contributed by atoms with Crippen molar-refractivity contribution < 1.29 is 0 Å². The minimum Gasteiger partial charge on any atom is -0.312 e. The van der Waals surface area contributed by atoms with Crippen molar-refractivity contribution in [1.29, 1.82) is 0 Å². The fraction of sp³-hybridized carbons (Fsp3) is 0.538. The molecule has 2 aromatic rings. The first-order valence-corrected chi connectivity index (χ1v) is 7.95. The Labute approximate surface area is 116 Å². The fourth-order valence-electron chi connectivity index (χ4n) is 1.75. The SMILES string of the molecule is CCCNCc1sc(Cc2csc(C)n2)nc1C. The lowest BCUT2D eigenvalue weighted by atomic mass is 10.3. The van der Waals surface area contributed by atoms with Crippen molar-refractivity contribution in [1.82, 2.24) is 15.3 Å². The van der Waals surface area contributed by atoms with Gasteiger partial charge in [0, 0.05) is 23.2 Å². The van der Waals surface area contributed by atoms with Crippen LogP contribution in [0.15, 0.2) is 5.38 Å². The number of thiazole rings is 2. The summed E-state index contributed by atoms with van der Waals surface area (Å²) in [5.41, 5.74) is 2.30. The van der Waals surface area contributed by atoms with E-state index in [1.807, 2.05) is 6.92 Å². The van der Waals surface area contributed by atoms with E-state index in [0.717, 1.165) is 35.9 Å². The molecule has 0 aliphatic heterocycles. The zero-order valence-electron chi connectivity index (χ0n) is 11.1. The zero-order chi connectivity index (χ0) is 13.0. The van der Waals surface area contributed by atoms with Gasteiger partial charge < -0.3 is 5.32 Å². The molecule has 0 aliphatic rings. The molecule has 0 saturated carbocycles. The normalized spacial score (nSPS) is 11.1. The Hall–Kier alpha value is -0.780. The number of hydrogen-bond donors (Lipinski definition) is 1. The second-order valence-electron chi connectivity index (χ2n) is 4.33. The van der Waals surface area contributed by atoms with Crippen LogP contribution in [-0.4, -0.2) is 16.5 Å². The van der Waals surface area contributed by atoms with Crippen molar-refractivity contribution in [2.75, 3.05) is 6.54 Å². The van der Waals surface area contributed by atoms with Crippen molar-refractivity contribution in [2.45, 2.75) is 40.2 Å². The van der Waals surface area contributed by atoms with Gasteiger partial charge in [-0.15, -0.1) is 22.7 Å². The van der Waals surface area contributed by atoms with E-state index in [-0.39, 0.29) is 0 Å². The smallest absolute Gasteiger partial charge is 0.0991 e. The molecular formula is C13H19N3S2. The van der Waals surface area contributed by atoms with Gasteiger partial charge >= 0.3 is 0 Å². The highest BCUT2D eigenvalue weighted by Crippen LogP contribution is 2.21. The maximum atomic E-state index is 4.64. The Morgan fingerprint density at radius 3 is 2.78 bits per heavy atom. The van der Waals surface area contributed by atoms with Crippen LogP contribution < -0.4 is 5.32 Å². The van der Waals surface area contributed by atoms with Crippen LogP contribution in [0.25, 0.3) is 0 Å². The highest BCUT2D eigenvalue weighted by molar-refractivity contribution is 7.11. The van der Waals surface area contributed by atoms with Crippen molar-refractivity contribution in [3.63, 3.8) is 0 Å². The van der Waals surface area contributed by atoms with Crippen molar-refractivity contribution >= 4 is 22.7 Å². The van der Waals surface area contributed by atoms with Crippen LogP contribution in [0.1, 0.15) is 39.6 Å². The summed E-state index contributed by atoms with van der Waals surface area (Å²) in [6, 6.07) is 0. The topological polar surface area (TPSA) is 37.8 Å². The summed E-state index contributed by atoms with van der Waals surface area (Å²) in [5, 5.41) is 7.86. The second kappa shape index (κ2) is 6.41. The first kappa shape index (κ1) is 13.6. The number of nitrogens with zero attached hydrogens (tertiary/aromatic N) is 2. The molecule has 5 heteroatoms. The van der Waals surface area contributed by atoms with E-state index in [0.29, 0.717) is 0 Å². The standard InChI is InChI=1S/C13H19N3S2/c1-4-5-14-7-12-9(2)15-13(18-12)6-11-8-17-10(3)16-11/h8,14H,4-7H2,1-3H3. The van der Waals surface area contributed by atoms with E-state index in [1.54, 1.807) is 22.7 Å². The second-order valence-corrected chi connectivity index (χ2v) is 6.56. The molecule has 0 bridgehead atoms. The van der Waals surface area contributed by atoms with Gasteiger partial charge in [0.25, 0.3) is 0 Å². The van der Waals surface area contributed by atoms with Gasteiger partial charge in [-0.2, -0.15) is 0 Å². The molecule has 2 heterocycles. The van der Waals surface area contributed by atoms with Gasteiger partial charge in [0.1, 0.15) is 0 Å². The lowest BCUT2D eigenvalue weighted by Gasteiger charge is -1.99. The van der Waals surface area contributed by atoms with Gasteiger partial charge in [-0.25, -0.2) is 9.97 Å². The van der Waals surface area contributed by atoms with Gasteiger partial charge in [0.15, 0.2) is 0 Å². The predicted molar refractivity (Wildman–Crippen MR) is 78.5 cm³/mol. The Balaban J connectivity index is 1.99. The Kier molecular flexibility index (Phi) is 4.86. The summed E-state index contributed by atoms with van der Waals surface area (Å²) in [5.74, 6) is 0. The average Bonchev–Trinajstić information content (AvgIpc) is 2.87. The third kappa shape index (κ3) is 3.60. The monoisotopic (exact) mass is 281 g/mol. The number of hydrogen-bond acceptors (Lipinski definition) is 5. The quantitative estimate of drug-likeness (QED) is 0.826. The molecule has 0 spiro atoms. The molecule has 0 amide bonds. The zero-order valence-corrected chi connectivity index (χ0v) is 12.7. The summed E-state index contributed by atoms with van der Waals surface area (Å²) < 4.78 is 0. The molecule has 1 N–H and O–H groups in total. The molecule has 0 saturated heterocycles. The molecule has 0 radical (unpaired) electrons. The van der Waals surface area contributed by atoms with E-state index in [4.69, 9.17) is 0 Å². The predicted octanol–water partition coefficient (Wildman–Crippen LogP) is 3.31. The molecule has 0 unspecified atom stereocenters. The Morgan fingerprint density at radius 2 is 2.11 bits per heavy atom. The molecule has 2 aromatic heterocycles. The number of nitrogens with one attached hydrogen (secondary N) is 1. The van der Waals surface area contributed by atoms with Crippen LogP contribution in [0.4, 0.5) is 0 Å². The lowest BCUT2D eigenvalue weighted by Crippen LogP contribution is -2.13. The molecule has 98 valence electrons. The largest absolute Gasteiger partial charge is 0.312 e. The summed E-state index contributed by atoms with van der Waals surface area (Å²) in [6.07, 6.45) is 2.03. The maximum absolute atomic E-state index is 4.64. The molecule has 18 heavy (non-hydrogen) atoms. The van der Waals surface area contributed by atoms with Gasteiger partial charge in [0.05, 0.1) is 21.4 Å². The minimum absolute atomic E-state index is 0.865. The fourth-order valence-corrected chi connectivity index (χ4v) is 3.42. The van der Waals surface area contributed by atoms with Crippen LogP contribution >= 0.6 is 22.7 Å². The molecule has 3 nitrogen and oxygen atoms in total. The average molecular weight is 281 g/mol. The van der Waals surface area contributed by atoms with Gasteiger partial charge in [-0.3, -0.25) is 0 Å². The van der Waals surface area contributed by atoms with E-state index in [1.165, 1.54) is 16.3 Å². The van der Waals surface area contributed by atoms with Crippen LogP contribution in [0, 0.1) is 13.8 Å². The van der Waals surface area contributed by atoms with Crippen LogP contribution in [0.5, 0.6) is 0 Å².